The van der Waals surface area contributed by atoms with Gasteiger partial charge < -0.3 is 10.1 Å². The highest BCUT2D eigenvalue weighted by Crippen LogP contribution is 2.29. The number of benzene rings is 3. The SMILES string of the molecule is COc1ccc(NC(=O)c2ccccc2SCc2nnnn2-c2ccccc2)cc1-n1nnnc1C. The molecule has 5 rings (SSSR count). The topological polar surface area (TPSA) is 126 Å². The number of carbonyl (C=O) groups is 1. The van der Waals surface area contributed by atoms with E-state index in [4.69, 9.17) is 4.74 Å². The molecule has 0 aliphatic carbocycles. The van der Waals surface area contributed by atoms with Crippen LogP contribution in [0.3, 0.4) is 0 Å². The molecule has 0 atom stereocenters. The molecule has 0 saturated heterocycles. The average Bonchev–Trinajstić information content (AvgIpc) is 3.57. The van der Waals surface area contributed by atoms with Crippen molar-refractivity contribution in [3.8, 4) is 17.1 Å². The Morgan fingerprint density at radius 3 is 2.47 bits per heavy atom. The van der Waals surface area contributed by atoms with Gasteiger partial charge in [0.05, 0.1) is 24.1 Å². The van der Waals surface area contributed by atoms with Gasteiger partial charge in [-0.3, -0.25) is 4.79 Å². The fourth-order valence-electron chi connectivity index (χ4n) is 3.57. The van der Waals surface area contributed by atoms with Crippen LogP contribution in [0.2, 0.25) is 0 Å². The molecule has 2 aromatic heterocycles. The van der Waals surface area contributed by atoms with Crippen LogP contribution >= 0.6 is 11.8 Å². The number of hydrogen-bond donors (Lipinski definition) is 1. The van der Waals surface area contributed by atoms with Gasteiger partial charge in [0.2, 0.25) is 0 Å². The number of carbonyl (C=O) groups excluding carboxylic acids is 1. The molecule has 0 fully saturated rings. The summed E-state index contributed by atoms with van der Waals surface area (Å²) in [5.41, 5.74) is 2.61. The van der Waals surface area contributed by atoms with Crippen LogP contribution in [0, 0.1) is 6.92 Å². The summed E-state index contributed by atoms with van der Waals surface area (Å²) < 4.78 is 8.69. The van der Waals surface area contributed by atoms with E-state index in [-0.39, 0.29) is 5.91 Å². The van der Waals surface area contributed by atoms with Crippen LogP contribution in [-0.2, 0) is 5.75 Å². The Hall–Kier alpha value is -4.58. The molecule has 12 heteroatoms. The van der Waals surface area contributed by atoms with E-state index in [1.165, 1.54) is 11.8 Å². The first kappa shape index (κ1) is 23.2. The monoisotopic (exact) mass is 499 g/mol. The van der Waals surface area contributed by atoms with Gasteiger partial charge in [-0.25, -0.2) is 0 Å². The van der Waals surface area contributed by atoms with E-state index in [1.807, 2.05) is 48.5 Å². The normalized spacial score (nSPS) is 10.8. The molecule has 180 valence electrons. The van der Waals surface area contributed by atoms with Crippen LogP contribution in [0.4, 0.5) is 5.69 Å². The number of aryl methyl sites for hydroxylation is 1. The van der Waals surface area contributed by atoms with Gasteiger partial charge in [0, 0.05) is 10.6 Å². The summed E-state index contributed by atoms with van der Waals surface area (Å²) in [4.78, 5) is 14.1. The molecule has 1 amide bonds. The maximum absolute atomic E-state index is 13.3. The second kappa shape index (κ2) is 10.4. The maximum atomic E-state index is 13.3. The smallest absolute Gasteiger partial charge is 0.256 e. The molecular weight excluding hydrogens is 478 g/mol. The van der Waals surface area contributed by atoms with Crippen molar-refractivity contribution in [1.29, 1.82) is 0 Å². The van der Waals surface area contributed by atoms with Crippen LogP contribution in [0.1, 0.15) is 22.0 Å². The van der Waals surface area contributed by atoms with Gasteiger partial charge in [0.25, 0.3) is 5.91 Å². The highest BCUT2D eigenvalue weighted by molar-refractivity contribution is 7.98. The first-order chi connectivity index (χ1) is 17.6. The molecular formula is C24H21N9O2S. The van der Waals surface area contributed by atoms with Crippen molar-refractivity contribution in [2.24, 2.45) is 0 Å². The van der Waals surface area contributed by atoms with Gasteiger partial charge in [-0.15, -0.1) is 22.0 Å². The minimum absolute atomic E-state index is 0.245. The zero-order valence-corrected chi connectivity index (χ0v) is 20.3. The van der Waals surface area contributed by atoms with E-state index >= 15 is 0 Å². The molecule has 0 radical (unpaired) electrons. The Morgan fingerprint density at radius 1 is 0.944 bits per heavy atom. The average molecular weight is 500 g/mol. The summed E-state index contributed by atoms with van der Waals surface area (Å²) in [7, 11) is 1.57. The van der Waals surface area contributed by atoms with Gasteiger partial charge in [0.1, 0.15) is 11.4 Å². The quantitative estimate of drug-likeness (QED) is 0.319. The summed E-state index contributed by atoms with van der Waals surface area (Å²) >= 11 is 1.49. The third-order valence-corrected chi connectivity index (χ3v) is 6.38. The molecule has 3 aromatic carbocycles. The van der Waals surface area contributed by atoms with E-state index < -0.39 is 0 Å². The lowest BCUT2D eigenvalue weighted by Gasteiger charge is -2.13. The van der Waals surface area contributed by atoms with Crippen molar-refractivity contribution >= 4 is 23.4 Å². The number of thioether (sulfide) groups is 1. The first-order valence-corrected chi connectivity index (χ1v) is 11.9. The van der Waals surface area contributed by atoms with Crippen molar-refractivity contribution in [3.05, 3.63) is 90.0 Å². The van der Waals surface area contributed by atoms with Crippen LogP contribution in [0.5, 0.6) is 5.75 Å². The molecule has 36 heavy (non-hydrogen) atoms. The Labute approximate surface area is 210 Å². The number of tetrazole rings is 2. The van der Waals surface area contributed by atoms with Crippen molar-refractivity contribution in [3.63, 3.8) is 0 Å². The van der Waals surface area contributed by atoms with Gasteiger partial charge >= 0.3 is 0 Å². The molecule has 5 aromatic rings. The second-order valence-electron chi connectivity index (χ2n) is 7.61. The molecule has 0 saturated carbocycles. The standard InChI is InChI=1S/C24H21N9O2S/c1-16-26-28-30-32(16)20-14-17(12-13-21(20)35-2)25-24(34)19-10-6-7-11-22(19)36-15-23-27-29-31-33(23)18-8-4-3-5-9-18/h3-14H,15H2,1-2H3,(H,25,34). The van der Waals surface area contributed by atoms with E-state index in [0.29, 0.717) is 40.1 Å². The van der Waals surface area contributed by atoms with E-state index in [2.05, 4.69) is 36.4 Å². The minimum atomic E-state index is -0.245. The Kier molecular flexibility index (Phi) is 6.67. The molecule has 0 aliphatic rings. The van der Waals surface area contributed by atoms with E-state index in [9.17, 15) is 4.79 Å². The zero-order valence-electron chi connectivity index (χ0n) is 19.4. The summed E-state index contributed by atoms with van der Waals surface area (Å²) in [5, 5.41) is 26.7. The van der Waals surface area contributed by atoms with Crippen LogP contribution in [0.25, 0.3) is 11.4 Å². The van der Waals surface area contributed by atoms with Gasteiger partial charge in [-0.2, -0.15) is 9.36 Å². The van der Waals surface area contributed by atoms with Crippen LogP contribution in [0.15, 0.2) is 77.7 Å². The third-order valence-electron chi connectivity index (χ3n) is 5.31. The summed E-state index contributed by atoms with van der Waals surface area (Å²) in [6.07, 6.45) is 0. The fourth-order valence-corrected chi connectivity index (χ4v) is 4.53. The number of para-hydroxylation sites is 1. The number of methoxy groups -OCH3 is 1. The number of nitrogens with one attached hydrogen (secondary N) is 1. The predicted molar refractivity (Wildman–Crippen MR) is 134 cm³/mol. The van der Waals surface area contributed by atoms with Crippen LogP contribution in [-0.4, -0.2) is 53.4 Å². The number of aromatic nitrogens is 8. The number of amides is 1. The molecule has 0 bridgehead atoms. The summed E-state index contributed by atoms with van der Waals surface area (Å²) in [6, 6.07) is 22.4. The van der Waals surface area contributed by atoms with Crippen molar-refractivity contribution in [2.75, 3.05) is 12.4 Å². The summed E-state index contributed by atoms with van der Waals surface area (Å²) in [6.45, 7) is 1.78. The minimum Gasteiger partial charge on any atom is -0.494 e. The largest absolute Gasteiger partial charge is 0.494 e. The van der Waals surface area contributed by atoms with Crippen molar-refractivity contribution in [2.45, 2.75) is 17.6 Å². The lowest BCUT2D eigenvalue weighted by atomic mass is 10.2. The lowest BCUT2D eigenvalue weighted by Crippen LogP contribution is -2.14. The summed E-state index contributed by atoms with van der Waals surface area (Å²) in [5.74, 6) is 2.09. The highest BCUT2D eigenvalue weighted by Gasteiger charge is 2.16. The first-order valence-electron chi connectivity index (χ1n) is 10.9. The Balaban J connectivity index is 1.35. The van der Waals surface area contributed by atoms with E-state index in [0.717, 1.165) is 10.6 Å². The lowest BCUT2D eigenvalue weighted by molar-refractivity contribution is 0.102. The second-order valence-corrected chi connectivity index (χ2v) is 8.62. The molecule has 0 aliphatic heterocycles. The number of ether oxygens (including phenoxy) is 1. The molecule has 11 nitrogen and oxygen atoms in total. The zero-order chi connectivity index (χ0) is 24.9. The molecule has 1 N–H and O–H groups in total. The van der Waals surface area contributed by atoms with E-state index in [1.54, 1.807) is 47.7 Å². The van der Waals surface area contributed by atoms with Gasteiger partial charge in [0.15, 0.2) is 11.6 Å². The molecule has 0 spiro atoms. The predicted octanol–water partition coefficient (Wildman–Crippen LogP) is 3.50. The Morgan fingerprint density at radius 2 is 1.69 bits per heavy atom. The number of nitrogens with zero attached hydrogens (tertiary/aromatic N) is 8. The molecule has 2 heterocycles. The van der Waals surface area contributed by atoms with Crippen molar-refractivity contribution in [1.82, 2.24) is 40.4 Å². The van der Waals surface area contributed by atoms with Crippen molar-refractivity contribution < 1.29 is 9.53 Å². The maximum Gasteiger partial charge on any atom is 0.256 e. The third kappa shape index (κ3) is 4.79. The van der Waals surface area contributed by atoms with Gasteiger partial charge in [-0.1, -0.05) is 30.3 Å². The Bertz CT molecular complexity index is 1500. The van der Waals surface area contributed by atoms with Crippen LogP contribution < -0.4 is 10.1 Å². The fraction of sp³-hybridized carbons (Fsp3) is 0.125. The number of anilines is 1. The molecule has 0 unspecified atom stereocenters. The highest BCUT2D eigenvalue weighted by atomic mass is 32.2. The number of hydrogen-bond acceptors (Lipinski definition) is 9. The number of rotatable bonds is 8. The van der Waals surface area contributed by atoms with Gasteiger partial charge in [-0.05, 0) is 70.2 Å².